The van der Waals surface area contributed by atoms with Crippen LogP contribution >= 0.6 is 0 Å². The Morgan fingerprint density at radius 1 is 1.41 bits per heavy atom. The molecule has 2 atom stereocenters. The molecular formula is C14H28N2O. The van der Waals surface area contributed by atoms with E-state index in [1.54, 1.807) is 0 Å². The minimum Gasteiger partial charge on any atom is -0.328 e. The fraction of sp³-hybridized carbons (Fsp3) is 0.929. The summed E-state index contributed by atoms with van der Waals surface area (Å²) in [5.74, 6) is 1.29. The van der Waals surface area contributed by atoms with Crippen LogP contribution in [0, 0.1) is 17.3 Å². The topological polar surface area (TPSA) is 32.3 Å². The van der Waals surface area contributed by atoms with Gasteiger partial charge in [-0.2, -0.15) is 0 Å². The van der Waals surface area contributed by atoms with E-state index in [-0.39, 0.29) is 17.4 Å². The molecule has 1 N–H and O–H groups in total. The van der Waals surface area contributed by atoms with Gasteiger partial charge >= 0.3 is 0 Å². The first kappa shape index (κ1) is 14.5. The zero-order valence-corrected chi connectivity index (χ0v) is 12.2. The van der Waals surface area contributed by atoms with Crippen molar-refractivity contribution >= 4 is 5.91 Å². The largest absolute Gasteiger partial charge is 0.328 e. The maximum absolute atomic E-state index is 12.3. The molecule has 1 amide bonds. The van der Waals surface area contributed by atoms with E-state index in [9.17, 15) is 4.79 Å². The standard InChI is InChI=1S/C14H28N2O/c1-7-11(4)12-13(17)16(9-15-12)8-14(5,6)10(2)3/h10-12,15H,7-9H2,1-6H3. The molecule has 3 heteroatoms. The number of nitrogens with one attached hydrogen (secondary N) is 1. The molecule has 3 nitrogen and oxygen atoms in total. The Labute approximate surface area is 106 Å². The Morgan fingerprint density at radius 3 is 2.47 bits per heavy atom. The molecule has 0 aromatic carbocycles. The lowest BCUT2D eigenvalue weighted by atomic mass is 9.81. The highest BCUT2D eigenvalue weighted by atomic mass is 16.2. The van der Waals surface area contributed by atoms with Crippen molar-refractivity contribution < 1.29 is 4.79 Å². The molecule has 1 fully saturated rings. The van der Waals surface area contributed by atoms with Gasteiger partial charge in [-0.3, -0.25) is 10.1 Å². The average molecular weight is 240 g/mol. The van der Waals surface area contributed by atoms with Crippen molar-refractivity contribution in [2.24, 2.45) is 17.3 Å². The molecule has 0 aromatic heterocycles. The summed E-state index contributed by atoms with van der Waals surface area (Å²) >= 11 is 0. The quantitative estimate of drug-likeness (QED) is 0.800. The second-order valence-electron chi connectivity index (χ2n) is 6.40. The summed E-state index contributed by atoms with van der Waals surface area (Å²) < 4.78 is 0. The molecule has 17 heavy (non-hydrogen) atoms. The molecule has 0 aromatic rings. The van der Waals surface area contributed by atoms with Gasteiger partial charge in [0.1, 0.15) is 0 Å². The van der Waals surface area contributed by atoms with Gasteiger partial charge in [-0.15, -0.1) is 0 Å². The second-order valence-corrected chi connectivity index (χ2v) is 6.40. The first-order chi connectivity index (χ1) is 7.79. The van der Waals surface area contributed by atoms with Crippen LogP contribution in [0.3, 0.4) is 0 Å². The highest BCUT2D eigenvalue weighted by Gasteiger charge is 2.37. The lowest BCUT2D eigenvalue weighted by molar-refractivity contribution is -0.131. The van der Waals surface area contributed by atoms with E-state index in [1.807, 2.05) is 4.90 Å². The van der Waals surface area contributed by atoms with Gasteiger partial charge in [0.15, 0.2) is 0 Å². The fourth-order valence-electron chi connectivity index (χ4n) is 2.06. The Balaban J connectivity index is 2.62. The van der Waals surface area contributed by atoms with Crippen LogP contribution in [-0.4, -0.2) is 30.1 Å². The molecule has 0 radical (unpaired) electrons. The highest BCUT2D eigenvalue weighted by Crippen LogP contribution is 2.28. The predicted octanol–water partition coefficient (Wildman–Crippen LogP) is 2.47. The van der Waals surface area contributed by atoms with Gasteiger partial charge < -0.3 is 4.90 Å². The van der Waals surface area contributed by atoms with Crippen molar-refractivity contribution in [3.05, 3.63) is 0 Å². The Morgan fingerprint density at radius 2 is 2.00 bits per heavy atom. The van der Waals surface area contributed by atoms with Crippen LogP contribution in [0.25, 0.3) is 0 Å². The molecule has 1 aliphatic rings. The van der Waals surface area contributed by atoms with Gasteiger partial charge in [-0.25, -0.2) is 0 Å². The minimum atomic E-state index is 0.0305. The zero-order chi connectivity index (χ0) is 13.2. The fourth-order valence-corrected chi connectivity index (χ4v) is 2.06. The van der Waals surface area contributed by atoms with E-state index in [0.717, 1.165) is 13.0 Å². The lowest BCUT2D eigenvalue weighted by Crippen LogP contribution is -2.40. The maximum atomic E-state index is 12.3. The van der Waals surface area contributed by atoms with Crippen LogP contribution in [0.15, 0.2) is 0 Å². The van der Waals surface area contributed by atoms with Gasteiger partial charge in [0.2, 0.25) is 5.91 Å². The Bertz CT molecular complexity index is 273. The van der Waals surface area contributed by atoms with Crippen LogP contribution in [0.1, 0.15) is 48.0 Å². The van der Waals surface area contributed by atoms with Crippen LogP contribution in [0.4, 0.5) is 0 Å². The molecule has 0 spiro atoms. The number of carbonyl (C=O) groups excluding carboxylic acids is 1. The molecule has 1 saturated heterocycles. The summed E-state index contributed by atoms with van der Waals surface area (Å²) in [6, 6.07) is 0.0305. The first-order valence-electron chi connectivity index (χ1n) is 6.81. The van der Waals surface area contributed by atoms with Gasteiger partial charge in [0, 0.05) is 6.54 Å². The van der Waals surface area contributed by atoms with Crippen molar-refractivity contribution in [2.75, 3.05) is 13.2 Å². The van der Waals surface area contributed by atoms with Gasteiger partial charge in [0.25, 0.3) is 0 Å². The Kier molecular flexibility index (Phi) is 4.59. The normalized spacial score (nSPS) is 23.6. The molecule has 0 bridgehead atoms. The van der Waals surface area contributed by atoms with Crippen LogP contribution in [0.5, 0.6) is 0 Å². The predicted molar refractivity (Wildman–Crippen MR) is 71.6 cm³/mol. The van der Waals surface area contributed by atoms with Gasteiger partial charge in [-0.1, -0.05) is 48.0 Å². The third-order valence-corrected chi connectivity index (χ3v) is 4.45. The number of hydrogen-bond acceptors (Lipinski definition) is 2. The van der Waals surface area contributed by atoms with Gasteiger partial charge in [-0.05, 0) is 17.3 Å². The second kappa shape index (κ2) is 5.38. The number of nitrogens with zero attached hydrogens (tertiary/aromatic N) is 1. The van der Waals surface area contributed by atoms with E-state index >= 15 is 0 Å². The first-order valence-corrected chi connectivity index (χ1v) is 6.81. The van der Waals surface area contributed by atoms with Crippen molar-refractivity contribution in [1.82, 2.24) is 10.2 Å². The third-order valence-electron chi connectivity index (χ3n) is 4.45. The molecule has 2 unspecified atom stereocenters. The maximum Gasteiger partial charge on any atom is 0.241 e. The summed E-state index contributed by atoms with van der Waals surface area (Å²) in [5, 5.41) is 3.35. The minimum absolute atomic E-state index is 0.0305. The molecular weight excluding hydrogens is 212 g/mol. The van der Waals surface area contributed by atoms with E-state index in [1.165, 1.54) is 0 Å². The molecule has 1 heterocycles. The summed E-state index contributed by atoms with van der Waals surface area (Å²) in [5.41, 5.74) is 0.182. The summed E-state index contributed by atoms with van der Waals surface area (Å²) in [6.45, 7) is 14.8. The smallest absolute Gasteiger partial charge is 0.241 e. The lowest BCUT2D eigenvalue weighted by Gasteiger charge is -2.33. The van der Waals surface area contributed by atoms with Crippen LogP contribution in [0.2, 0.25) is 0 Å². The monoisotopic (exact) mass is 240 g/mol. The van der Waals surface area contributed by atoms with E-state index in [4.69, 9.17) is 0 Å². The van der Waals surface area contributed by atoms with E-state index in [2.05, 4.69) is 46.9 Å². The van der Waals surface area contributed by atoms with E-state index < -0.39 is 0 Å². The van der Waals surface area contributed by atoms with Crippen molar-refractivity contribution in [3.8, 4) is 0 Å². The van der Waals surface area contributed by atoms with Gasteiger partial charge in [0.05, 0.1) is 12.7 Å². The summed E-state index contributed by atoms with van der Waals surface area (Å²) in [6.07, 6.45) is 1.05. The molecule has 1 rings (SSSR count). The van der Waals surface area contributed by atoms with Crippen molar-refractivity contribution in [1.29, 1.82) is 0 Å². The zero-order valence-electron chi connectivity index (χ0n) is 12.2. The Hall–Kier alpha value is -0.570. The molecule has 1 aliphatic heterocycles. The van der Waals surface area contributed by atoms with Crippen molar-refractivity contribution in [3.63, 3.8) is 0 Å². The van der Waals surface area contributed by atoms with E-state index in [0.29, 0.717) is 18.5 Å². The van der Waals surface area contributed by atoms with Crippen LogP contribution in [-0.2, 0) is 4.79 Å². The van der Waals surface area contributed by atoms with Crippen LogP contribution < -0.4 is 5.32 Å². The molecule has 100 valence electrons. The molecule has 0 aliphatic carbocycles. The SMILES string of the molecule is CCC(C)C1NCN(CC(C)(C)C(C)C)C1=O. The number of hydrogen-bond donors (Lipinski definition) is 1. The number of carbonyl (C=O) groups is 1. The summed E-state index contributed by atoms with van der Waals surface area (Å²) in [7, 11) is 0. The molecule has 0 saturated carbocycles. The van der Waals surface area contributed by atoms with Crippen molar-refractivity contribution in [2.45, 2.75) is 54.0 Å². The highest BCUT2D eigenvalue weighted by molar-refractivity contribution is 5.84. The third kappa shape index (κ3) is 3.21. The number of amides is 1. The number of rotatable bonds is 5. The average Bonchev–Trinajstić information content (AvgIpc) is 2.59. The summed E-state index contributed by atoms with van der Waals surface area (Å²) in [4.78, 5) is 14.3.